The summed E-state index contributed by atoms with van der Waals surface area (Å²) in [5.41, 5.74) is 16.4. The van der Waals surface area contributed by atoms with Crippen LogP contribution in [0.5, 0.6) is 0 Å². The molecular weight excluding hydrogens is 442 g/mol. The lowest BCUT2D eigenvalue weighted by Gasteiger charge is -2.14. The van der Waals surface area contributed by atoms with E-state index in [0.29, 0.717) is 40.1 Å². The number of nitrogens with two attached hydrogens (primary N) is 2. The smallest absolute Gasteiger partial charge is 0.252 e. The minimum Gasteiger partial charge on any atom is -0.395 e. The molecule has 0 atom stereocenters. The summed E-state index contributed by atoms with van der Waals surface area (Å²) in [6.45, 7) is 5.56. The van der Waals surface area contributed by atoms with Crippen LogP contribution < -0.4 is 22.1 Å². The Morgan fingerprint density at radius 1 is 0.914 bits per heavy atom. The highest BCUT2D eigenvalue weighted by Gasteiger charge is 2.15. The van der Waals surface area contributed by atoms with Gasteiger partial charge in [0.25, 0.3) is 5.95 Å². The van der Waals surface area contributed by atoms with Gasteiger partial charge in [0.15, 0.2) is 11.6 Å². The van der Waals surface area contributed by atoms with Crippen molar-refractivity contribution in [2.45, 2.75) is 20.8 Å². The largest absolute Gasteiger partial charge is 0.395 e. The fourth-order valence-electron chi connectivity index (χ4n) is 3.15. The molecule has 1 aromatic carbocycles. The van der Waals surface area contributed by atoms with Crippen molar-refractivity contribution in [3.8, 4) is 18.1 Å². The molecule has 6 N–H and O–H groups in total. The molecule has 0 aliphatic carbocycles. The van der Waals surface area contributed by atoms with E-state index in [0.717, 1.165) is 11.3 Å². The van der Waals surface area contributed by atoms with Gasteiger partial charge in [0, 0.05) is 25.1 Å². The average Bonchev–Trinajstić information content (AvgIpc) is 3.16. The molecule has 0 bridgehead atoms. The molecule has 3 heterocycles. The fraction of sp³-hybridized carbons (Fsp3) is 0.167. The molecule has 176 valence electrons. The molecule has 0 unspecified atom stereocenters. The molecule has 0 spiro atoms. The van der Waals surface area contributed by atoms with E-state index in [2.05, 4.69) is 36.8 Å². The lowest BCUT2D eigenvalue weighted by Crippen LogP contribution is -2.07. The highest BCUT2D eigenvalue weighted by Crippen LogP contribution is 2.30. The van der Waals surface area contributed by atoms with Crippen molar-refractivity contribution in [3.63, 3.8) is 0 Å². The summed E-state index contributed by atoms with van der Waals surface area (Å²) in [5.74, 6) is 1.70. The SMILES string of the molecule is CNc1nc(Nc2ccc(C)cc2)c(C#N)c(C)c1N.Cc1nn(-c2ncccn2)c(N)c1C#N. The van der Waals surface area contributed by atoms with Gasteiger partial charge in [-0.1, -0.05) is 17.7 Å². The second kappa shape index (κ2) is 10.6. The zero-order valence-corrected chi connectivity index (χ0v) is 19.8. The number of nitriles is 2. The van der Waals surface area contributed by atoms with Crippen molar-refractivity contribution in [2.75, 3.05) is 29.1 Å². The highest BCUT2D eigenvalue weighted by molar-refractivity contribution is 5.76. The van der Waals surface area contributed by atoms with Gasteiger partial charge in [-0.05, 0) is 44.5 Å². The summed E-state index contributed by atoms with van der Waals surface area (Å²) in [4.78, 5) is 12.4. The first-order valence-electron chi connectivity index (χ1n) is 10.5. The molecule has 11 nitrogen and oxygen atoms in total. The van der Waals surface area contributed by atoms with Crippen LogP contribution >= 0.6 is 0 Å². The van der Waals surface area contributed by atoms with E-state index < -0.39 is 0 Å². The number of rotatable bonds is 4. The normalized spacial score (nSPS) is 9.89. The predicted molar refractivity (Wildman–Crippen MR) is 135 cm³/mol. The van der Waals surface area contributed by atoms with Gasteiger partial charge in [-0.3, -0.25) is 0 Å². The van der Waals surface area contributed by atoms with Crippen LogP contribution in [0.4, 0.5) is 28.8 Å². The minimum atomic E-state index is 0.265. The third kappa shape index (κ3) is 5.26. The maximum atomic E-state index is 9.30. The summed E-state index contributed by atoms with van der Waals surface area (Å²) in [6.07, 6.45) is 3.18. The number of nitrogens with one attached hydrogen (secondary N) is 2. The van der Waals surface area contributed by atoms with Crippen LogP contribution in [0.2, 0.25) is 0 Å². The summed E-state index contributed by atoms with van der Waals surface area (Å²) < 4.78 is 1.36. The van der Waals surface area contributed by atoms with Crippen LogP contribution in [0.25, 0.3) is 5.95 Å². The summed E-state index contributed by atoms with van der Waals surface area (Å²) in [5, 5.41) is 28.3. The second-order valence-electron chi connectivity index (χ2n) is 7.49. The van der Waals surface area contributed by atoms with Gasteiger partial charge < -0.3 is 22.1 Å². The van der Waals surface area contributed by atoms with Crippen LogP contribution in [0.3, 0.4) is 0 Å². The van der Waals surface area contributed by atoms with Gasteiger partial charge in [-0.2, -0.15) is 20.3 Å². The van der Waals surface area contributed by atoms with Crippen molar-refractivity contribution in [3.05, 3.63) is 70.7 Å². The van der Waals surface area contributed by atoms with Gasteiger partial charge >= 0.3 is 0 Å². The van der Waals surface area contributed by atoms with Gasteiger partial charge in [-0.25, -0.2) is 15.0 Å². The predicted octanol–water partition coefficient (Wildman–Crippen LogP) is 3.36. The topological polar surface area (TPSA) is 180 Å². The number of hydrogen-bond donors (Lipinski definition) is 4. The Labute approximate surface area is 203 Å². The van der Waals surface area contributed by atoms with Gasteiger partial charge in [-0.15, -0.1) is 0 Å². The number of nitrogen functional groups attached to an aromatic ring is 2. The molecule has 0 saturated heterocycles. The number of aromatic nitrogens is 5. The van der Waals surface area contributed by atoms with E-state index >= 15 is 0 Å². The zero-order chi connectivity index (χ0) is 25.5. The molecule has 4 rings (SSSR count). The van der Waals surface area contributed by atoms with Crippen molar-refractivity contribution >= 4 is 28.8 Å². The maximum absolute atomic E-state index is 9.30. The number of benzene rings is 1. The first-order chi connectivity index (χ1) is 16.8. The Hall–Kier alpha value is -5.16. The average molecular weight is 468 g/mol. The van der Waals surface area contributed by atoms with E-state index in [4.69, 9.17) is 16.7 Å². The molecule has 0 fully saturated rings. The second-order valence-corrected chi connectivity index (χ2v) is 7.49. The summed E-state index contributed by atoms with van der Waals surface area (Å²) in [6, 6.07) is 13.7. The number of pyridine rings is 1. The molecule has 0 aliphatic rings. The Balaban J connectivity index is 0.000000203. The zero-order valence-electron chi connectivity index (χ0n) is 19.8. The number of aryl methyl sites for hydroxylation is 2. The van der Waals surface area contributed by atoms with E-state index in [-0.39, 0.29) is 5.82 Å². The van der Waals surface area contributed by atoms with Crippen LogP contribution in [0.15, 0.2) is 42.7 Å². The standard InChI is InChI=1S/C15H17N5.C9H8N6/c1-9-4-6-11(7-5-9)19-14-12(8-16)10(2)13(17)15(18-3)20-14;1-6-7(5-10)8(11)15(14-6)9-12-3-2-4-13-9/h4-7H,17H2,1-3H3,(H2,18,19,20);2-4H,11H2,1H3. The Morgan fingerprint density at radius 3 is 2.09 bits per heavy atom. The molecule has 4 aromatic rings. The minimum absolute atomic E-state index is 0.265. The molecule has 0 aliphatic heterocycles. The molecule has 3 aromatic heterocycles. The third-order valence-electron chi connectivity index (χ3n) is 5.11. The van der Waals surface area contributed by atoms with Crippen molar-refractivity contribution in [2.24, 2.45) is 0 Å². The van der Waals surface area contributed by atoms with E-state index in [1.54, 1.807) is 32.4 Å². The monoisotopic (exact) mass is 467 g/mol. The Bertz CT molecular complexity index is 1410. The van der Waals surface area contributed by atoms with E-state index in [1.807, 2.05) is 44.2 Å². The molecular formula is C24H25N11. The molecule has 0 saturated carbocycles. The number of nitrogens with zero attached hydrogens (tertiary/aromatic N) is 7. The Kier molecular flexibility index (Phi) is 7.44. The highest BCUT2D eigenvalue weighted by atomic mass is 15.4. The van der Waals surface area contributed by atoms with Crippen molar-refractivity contribution in [1.29, 1.82) is 10.5 Å². The van der Waals surface area contributed by atoms with E-state index in [1.165, 1.54) is 10.2 Å². The molecule has 0 amide bonds. The molecule has 0 radical (unpaired) electrons. The van der Waals surface area contributed by atoms with Crippen molar-refractivity contribution in [1.82, 2.24) is 24.7 Å². The van der Waals surface area contributed by atoms with E-state index in [9.17, 15) is 5.26 Å². The van der Waals surface area contributed by atoms with Crippen LogP contribution in [0.1, 0.15) is 27.9 Å². The number of hydrogen-bond acceptors (Lipinski definition) is 10. The van der Waals surface area contributed by atoms with Crippen LogP contribution in [-0.4, -0.2) is 31.8 Å². The van der Waals surface area contributed by atoms with Gasteiger partial charge in [0.05, 0.1) is 16.9 Å². The van der Waals surface area contributed by atoms with Gasteiger partial charge in [0.2, 0.25) is 0 Å². The van der Waals surface area contributed by atoms with Gasteiger partial charge in [0.1, 0.15) is 23.5 Å². The lowest BCUT2D eigenvalue weighted by atomic mass is 10.1. The third-order valence-corrected chi connectivity index (χ3v) is 5.11. The first kappa shape index (κ1) is 24.5. The fourth-order valence-corrected chi connectivity index (χ4v) is 3.15. The number of anilines is 5. The maximum Gasteiger partial charge on any atom is 0.252 e. The summed E-state index contributed by atoms with van der Waals surface area (Å²) >= 11 is 0. The molecule has 35 heavy (non-hydrogen) atoms. The van der Waals surface area contributed by atoms with Crippen LogP contribution in [0, 0.1) is 43.4 Å². The Morgan fingerprint density at radius 2 is 1.54 bits per heavy atom. The van der Waals surface area contributed by atoms with Crippen molar-refractivity contribution < 1.29 is 0 Å². The lowest BCUT2D eigenvalue weighted by molar-refractivity contribution is 0.805. The van der Waals surface area contributed by atoms with Crippen LogP contribution in [-0.2, 0) is 0 Å². The molecule has 11 heteroatoms. The summed E-state index contributed by atoms with van der Waals surface area (Å²) in [7, 11) is 1.75. The first-order valence-corrected chi connectivity index (χ1v) is 10.5. The quantitative estimate of drug-likeness (QED) is 0.347.